The lowest BCUT2D eigenvalue weighted by atomic mass is 10.0. The molecule has 3 heteroatoms. The SMILES string of the molecule is CC(C)CC(O)c1cc2cc(Cl)ccc2o1. The molecule has 2 nitrogen and oxygen atoms in total. The van der Waals surface area contributed by atoms with Gasteiger partial charge in [-0.1, -0.05) is 25.4 Å². The number of fused-ring (bicyclic) bond motifs is 1. The van der Waals surface area contributed by atoms with Crippen LogP contribution in [0.2, 0.25) is 5.02 Å². The van der Waals surface area contributed by atoms with Gasteiger partial charge in [0.2, 0.25) is 0 Å². The van der Waals surface area contributed by atoms with Crippen LogP contribution in [0.5, 0.6) is 0 Å². The van der Waals surface area contributed by atoms with Gasteiger partial charge in [0.05, 0.1) is 0 Å². The molecule has 2 aromatic rings. The van der Waals surface area contributed by atoms with E-state index in [4.69, 9.17) is 16.0 Å². The highest BCUT2D eigenvalue weighted by Gasteiger charge is 2.14. The lowest BCUT2D eigenvalue weighted by Gasteiger charge is -2.09. The molecule has 2 rings (SSSR count). The summed E-state index contributed by atoms with van der Waals surface area (Å²) in [7, 11) is 0. The molecule has 0 saturated heterocycles. The van der Waals surface area contributed by atoms with Crippen molar-refractivity contribution in [3.05, 3.63) is 35.0 Å². The third kappa shape index (κ3) is 2.39. The van der Waals surface area contributed by atoms with Gasteiger partial charge in [0, 0.05) is 10.4 Å². The smallest absolute Gasteiger partial charge is 0.134 e. The molecule has 1 aromatic carbocycles. The van der Waals surface area contributed by atoms with Gasteiger partial charge in [-0.25, -0.2) is 0 Å². The zero-order valence-electron chi connectivity index (χ0n) is 9.40. The number of benzene rings is 1. The Kier molecular flexibility index (Phi) is 3.22. The predicted molar refractivity (Wildman–Crippen MR) is 65.6 cm³/mol. The molecule has 0 fully saturated rings. The molecule has 0 bridgehead atoms. The van der Waals surface area contributed by atoms with Crippen molar-refractivity contribution in [1.82, 2.24) is 0 Å². The molecule has 0 aliphatic carbocycles. The quantitative estimate of drug-likeness (QED) is 0.871. The second-order valence-electron chi connectivity index (χ2n) is 4.48. The number of hydrogen-bond acceptors (Lipinski definition) is 2. The molecule has 0 aliphatic heterocycles. The van der Waals surface area contributed by atoms with Gasteiger partial charge < -0.3 is 9.52 Å². The molecule has 0 amide bonds. The van der Waals surface area contributed by atoms with Crippen LogP contribution >= 0.6 is 11.6 Å². The van der Waals surface area contributed by atoms with E-state index < -0.39 is 6.10 Å². The van der Waals surface area contributed by atoms with Crippen LogP contribution < -0.4 is 0 Å². The Morgan fingerprint density at radius 2 is 2.06 bits per heavy atom. The summed E-state index contributed by atoms with van der Waals surface area (Å²) in [6, 6.07) is 7.30. The minimum Gasteiger partial charge on any atom is -0.458 e. The molecular formula is C13H15ClO2. The first-order valence-corrected chi connectivity index (χ1v) is 5.81. The lowest BCUT2D eigenvalue weighted by Crippen LogP contribution is -2.00. The fraction of sp³-hybridized carbons (Fsp3) is 0.385. The third-order valence-corrected chi connectivity index (χ3v) is 2.76. The number of furan rings is 1. The highest BCUT2D eigenvalue weighted by Crippen LogP contribution is 2.29. The van der Waals surface area contributed by atoms with Crippen molar-refractivity contribution >= 4 is 22.6 Å². The molecular weight excluding hydrogens is 224 g/mol. The Hall–Kier alpha value is -0.990. The van der Waals surface area contributed by atoms with Crippen molar-refractivity contribution < 1.29 is 9.52 Å². The first kappa shape index (κ1) is 11.5. The van der Waals surface area contributed by atoms with Crippen LogP contribution in [0.25, 0.3) is 11.0 Å². The molecule has 0 radical (unpaired) electrons. The maximum absolute atomic E-state index is 9.93. The summed E-state index contributed by atoms with van der Waals surface area (Å²) in [5, 5.41) is 11.5. The molecule has 16 heavy (non-hydrogen) atoms. The van der Waals surface area contributed by atoms with Gasteiger partial charge in [-0.15, -0.1) is 0 Å². The van der Waals surface area contributed by atoms with Gasteiger partial charge in [-0.2, -0.15) is 0 Å². The first-order valence-electron chi connectivity index (χ1n) is 5.43. The zero-order valence-corrected chi connectivity index (χ0v) is 10.2. The topological polar surface area (TPSA) is 33.4 Å². The van der Waals surface area contributed by atoms with Gasteiger partial charge in [-0.05, 0) is 36.6 Å². The van der Waals surface area contributed by atoms with Crippen LogP contribution in [0.4, 0.5) is 0 Å². The standard InChI is InChI=1S/C13H15ClO2/c1-8(2)5-11(15)13-7-9-6-10(14)3-4-12(9)16-13/h3-4,6-8,11,15H,5H2,1-2H3. The summed E-state index contributed by atoms with van der Waals surface area (Å²) in [6.45, 7) is 4.14. The van der Waals surface area contributed by atoms with E-state index >= 15 is 0 Å². The minimum absolute atomic E-state index is 0.437. The molecule has 1 atom stereocenters. The van der Waals surface area contributed by atoms with Crippen molar-refractivity contribution in [3.8, 4) is 0 Å². The van der Waals surface area contributed by atoms with E-state index in [-0.39, 0.29) is 0 Å². The van der Waals surface area contributed by atoms with Gasteiger partial charge in [0.1, 0.15) is 17.4 Å². The van der Waals surface area contributed by atoms with E-state index in [0.29, 0.717) is 23.1 Å². The van der Waals surface area contributed by atoms with Crippen LogP contribution in [0.1, 0.15) is 32.1 Å². The number of aliphatic hydroxyl groups is 1. The maximum atomic E-state index is 9.93. The zero-order chi connectivity index (χ0) is 11.7. The molecule has 1 N–H and O–H groups in total. The molecule has 1 heterocycles. The molecule has 0 saturated carbocycles. The Morgan fingerprint density at radius 3 is 2.75 bits per heavy atom. The highest BCUT2D eigenvalue weighted by atomic mass is 35.5. The van der Waals surface area contributed by atoms with E-state index in [1.165, 1.54) is 0 Å². The molecule has 1 aromatic heterocycles. The van der Waals surface area contributed by atoms with Crippen molar-refractivity contribution in [2.45, 2.75) is 26.4 Å². The molecule has 0 aliphatic rings. The Balaban J connectivity index is 2.32. The Bertz CT molecular complexity index is 488. The summed E-state index contributed by atoms with van der Waals surface area (Å²) in [5.41, 5.74) is 0.766. The van der Waals surface area contributed by atoms with E-state index in [9.17, 15) is 5.11 Å². The first-order chi connectivity index (χ1) is 7.56. The van der Waals surface area contributed by atoms with Crippen molar-refractivity contribution in [1.29, 1.82) is 0 Å². The number of aliphatic hydroxyl groups excluding tert-OH is 1. The van der Waals surface area contributed by atoms with Gasteiger partial charge in [0.25, 0.3) is 0 Å². The van der Waals surface area contributed by atoms with Crippen molar-refractivity contribution in [3.63, 3.8) is 0 Å². The fourth-order valence-corrected chi connectivity index (χ4v) is 1.94. The van der Waals surface area contributed by atoms with E-state index in [1.807, 2.05) is 18.2 Å². The number of hydrogen-bond donors (Lipinski definition) is 1. The maximum Gasteiger partial charge on any atom is 0.134 e. The normalized spacial score (nSPS) is 13.6. The van der Waals surface area contributed by atoms with Crippen LogP contribution in [0, 0.1) is 5.92 Å². The molecule has 0 spiro atoms. The second kappa shape index (κ2) is 4.48. The van der Waals surface area contributed by atoms with Crippen molar-refractivity contribution in [2.24, 2.45) is 5.92 Å². The summed E-state index contributed by atoms with van der Waals surface area (Å²) in [4.78, 5) is 0. The Labute approximate surface area is 99.8 Å². The van der Waals surface area contributed by atoms with Crippen LogP contribution in [-0.2, 0) is 0 Å². The lowest BCUT2D eigenvalue weighted by molar-refractivity contribution is 0.128. The summed E-state index contributed by atoms with van der Waals surface area (Å²) in [5.74, 6) is 1.05. The van der Waals surface area contributed by atoms with Gasteiger partial charge >= 0.3 is 0 Å². The Morgan fingerprint density at radius 1 is 1.31 bits per heavy atom. The van der Waals surface area contributed by atoms with E-state index in [1.54, 1.807) is 6.07 Å². The highest BCUT2D eigenvalue weighted by molar-refractivity contribution is 6.31. The average Bonchev–Trinajstić information content (AvgIpc) is 2.59. The second-order valence-corrected chi connectivity index (χ2v) is 4.91. The largest absolute Gasteiger partial charge is 0.458 e. The third-order valence-electron chi connectivity index (χ3n) is 2.52. The van der Waals surface area contributed by atoms with E-state index in [2.05, 4.69) is 13.8 Å². The fourth-order valence-electron chi connectivity index (χ4n) is 1.76. The van der Waals surface area contributed by atoms with E-state index in [0.717, 1.165) is 11.0 Å². The minimum atomic E-state index is -0.536. The van der Waals surface area contributed by atoms with Gasteiger partial charge in [-0.3, -0.25) is 0 Å². The van der Waals surface area contributed by atoms with Crippen molar-refractivity contribution in [2.75, 3.05) is 0 Å². The predicted octanol–water partition coefficient (Wildman–Crippen LogP) is 4.17. The van der Waals surface area contributed by atoms with Gasteiger partial charge in [0.15, 0.2) is 0 Å². The van der Waals surface area contributed by atoms with Crippen LogP contribution in [-0.4, -0.2) is 5.11 Å². The van der Waals surface area contributed by atoms with Crippen LogP contribution in [0.15, 0.2) is 28.7 Å². The van der Waals surface area contributed by atoms with Crippen LogP contribution in [0.3, 0.4) is 0 Å². The number of halogens is 1. The monoisotopic (exact) mass is 238 g/mol. The molecule has 1 unspecified atom stereocenters. The molecule has 86 valence electrons. The summed E-state index contributed by atoms with van der Waals surface area (Å²) < 4.78 is 5.58. The average molecular weight is 239 g/mol. The number of rotatable bonds is 3. The summed E-state index contributed by atoms with van der Waals surface area (Å²) >= 11 is 5.89. The summed E-state index contributed by atoms with van der Waals surface area (Å²) in [6.07, 6.45) is 0.166.